The minimum atomic E-state index is 0.507. The van der Waals surface area contributed by atoms with Crippen LogP contribution in [0.2, 0.25) is 0 Å². The number of nitrogen functional groups attached to an aromatic ring is 1. The summed E-state index contributed by atoms with van der Waals surface area (Å²) >= 11 is 0. The third-order valence-electron chi connectivity index (χ3n) is 3.48. The van der Waals surface area contributed by atoms with Gasteiger partial charge in [0.1, 0.15) is 18.1 Å². The molecule has 21 heavy (non-hydrogen) atoms. The molecular formula is C18H17NO2. The maximum Gasteiger partial charge on any atom is 0.142 e. The van der Waals surface area contributed by atoms with Crippen LogP contribution in [0.5, 0.6) is 11.5 Å². The average Bonchev–Trinajstić information content (AvgIpc) is 2.53. The van der Waals surface area contributed by atoms with E-state index in [9.17, 15) is 0 Å². The largest absolute Gasteiger partial charge is 0.495 e. The molecule has 0 radical (unpaired) electrons. The van der Waals surface area contributed by atoms with Gasteiger partial charge in [-0.3, -0.25) is 0 Å². The molecule has 0 spiro atoms. The van der Waals surface area contributed by atoms with Crippen LogP contribution in [-0.2, 0) is 6.61 Å². The zero-order chi connectivity index (χ0) is 14.7. The predicted molar refractivity (Wildman–Crippen MR) is 85.7 cm³/mol. The third kappa shape index (κ3) is 2.77. The normalized spacial score (nSPS) is 10.5. The second kappa shape index (κ2) is 5.75. The highest BCUT2D eigenvalue weighted by Gasteiger charge is 2.04. The first-order valence-corrected chi connectivity index (χ1v) is 6.81. The van der Waals surface area contributed by atoms with E-state index in [1.54, 1.807) is 13.2 Å². The molecule has 0 atom stereocenters. The number of anilines is 1. The molecule has 3 rings (SSSR count). The highest BCUT2D eigenvalue weighted by Crippen LogP contribution is 2.27. The van der Waals surface area contributed by atoms with Crippen molar-refractivity contribution in [1.29, 1.82) is 0 Å². The Morgan fingerprint density at radius 2 is 1.76 bits per heavy atom. The molecule has 0 aliphatic rings. The van der Waals surface area contributed by atoms with Crippen molar-refractivity contribution >= 4 is 16.5 Å². The lowest BCUT2D eigenvalue weighted by Gasteiger charge is -2.11. The van der Waals surface area contributed by atoms with Crippen LogP contribution in [0.15, 0.2) is 60.7 Å². The molecule has 0 amide bonds. The van der Waals surface area contributed by atoms with Gasteiger partial charge in [0.2, 0.25) is 0 Å². The van der Waals surface area contributed by atoms with E-state index in [0.717, 1.165) is 11.3 Å². The minimum absolute atomic E-state index is 0.507. The maximum absolute atomic E-state index is 5.89. The summed E-state index contributed by atoms with van der Waals surface area (Å²) in [6.45, 7) is 0.507. The first-order chi connectivity index (χ1) is 10.3. The molecule has 2 N–H and O–H groups in total. The molecule has 3 heteroatoms. The molecule has 3 nitrogen and oxygen atoms in total. The molecule has 0 aromatic heterocycles. The van der Waals surface area contributed by atoms with E-state index in [1.807, 2.05) is 30.3 Å². The Bertz CT molecular complexity index is 763. The van der Waals surface area contributed by atoms with Crippen molar-refractivity contribution in [1.82, 2.24) is 0 Å². The summed E-state index contributed by atoms with van der Waals surface area (Å²) in [7, 11) is 1.60. The Labute approximate surface area is 123 Å². The Balaban J connectivity index is 1.82. The van der Waals surface area contributed by atoms with Gasteiger partial charge in [-0.25, -0.2) is 0 Å². The van der Waals surface area contributed by atoms with Crippen molar-refractivity contribution in [2.24, 2.45) is 0 Å². The van der Waals surface area contributed by atoms with Crippen molar-refractivity contribution < 1.29 is 9.47 Å². The Morgan fingerprint density at radius 1 is 0.952 bits per heavy atom. The van der Waals surface area contributed by atoms with E-state index in [4.69, 9.17) is 15.2 Å². The van der Waals surface area contributed by atoms with Crippen LogP contribution in [0.1, 0.15) is 5.56 Å². The summed E-state index contributed by atoms with van der Waals surface area (Å²) < 4.78 is 11.0. The van der Waals surface area contributed by atoms with E-state index >= 15 is 0 Å². The van der Waals surface area contributed by atoms with E-state index < -0.39 is 0 Å². The van der Waals surface area contributed by atoms with Crippen LogP contribution >= 0.6 is 0 Å². The van der Waals surface area contributed by atoms with Crippen LogP contribution in [0.25, 0.3) is 10.8 Å². The van der Waals surface area contributed by atoms with Crippen LogP contribution in [0.4, 0.5) is 5.69 Å². The number of hydrogen-bond donors (Lipinski definition) is 1. The van der Waals surface area contributed by atoms with Crippen LogP contribution in [0, 0.1) is 0 Å². The molecule has 0 unspecified atom stereocenters. The monoisotopic (exact) mass is 279 g/mol. The topological polar surface area (TPSA) is 44.5 Å². The van der Waals surface area contributed by atoms with Gasteiger partial charge >= 0.3 is 0 Å². The lowest BCUT2D eigenvalue weighted by atomic mass is 10.1. The number of hydrogen-bond acceptors (Lipinski definition) is 3. The summed E-state index contributed by atoms with van der Waals surface area (Å²) in [5.74, 6) is 1.40. The second-order valence-electron chi connectivity index (χ2n) is 4.83. The van der Waals surface area contributed by atoms with Gasteiger partial charge in [-0.2, -0.15) is 0 Å². The number of benzene rings is 3. The van der Waals surface area contributed by atoms with Crippen molar-refractivity contribution in [3.8, 4) is 11.5 Å². The van der Waals surface area contributed by atoms with Crippen LogP contribution in [-0.4, -0.2) is 7.11 Å². The van der Waals surface area contributed by atoms with Crippen LogP contribution in [0.3, 0.4) is 0 Å². The zero-order valence-corrected chi connectivity index (χ0v) is 11.9. The summed E-state index contributed by atoms with van der Waals surface area (Å²) in [5, 5.41) is 2.43. The molecule has 0 saturated carbocycles. The minimum Gasteiger partial charge on any atom is -0.495 e. The van der Waals surface area contributed by atoms with E-state index in [2.05, 4.69) is 24.3 Å². The zero-order valence-electron chi connectivity index (χ0n) is 11.9. The number of ether oxygens (including phenoxy) is 2. The maximum atomic E-state index is 5.89. The number of nitrogens with two attached hydrogens (primary N) is 1. The molecule has 0 fully saturated rings. The van der Waals surface area contributed by atoms with Gasteiger partial charge < -0.3 is 15.2 Å². The van der Waals surface area contributed by atoms with Crippen molar-refractivity contribution in [3.05, 3.63) is 66.2 Å². The fourth-order valence-electron chi connectivity index (χ4n) is 2.38. The van der Waals surface area contributed by atoms with Crippen LogP contribution < -0.4 is 15.2 Å². The van der Waals surface area contributed by atoms with Gasteiger partial charge in [-0.1, -0.05) is 42.5 Å². The number of rotatable bonds is 4. The first-order valence-electron chi connectivity index (χ1n) is 6.81. The second-order valence-corrected chi connectivity index (χ2v) is 4.83. The summed E-state index contributed by atoms with van der Waals surface area (Å²) in [6.07, 6.45) is 0. The molecule has 3 aromatic carbocycles. The van der Waals surface area contributed by atoms with E-state index in [0.29, 0.717) is 18.0 Å². The smallest absolute Gasteiger partial charge is 0.142 e. The van der Waals surface area contributed by atoms with Crippen molar-refractivity contribution in [3.63, 3.8) is 0 Å². The Kier molecular flexibility index (Phi) is 3.65. The molecule has 0 bridgehead atoms. The Hall–Kier alpha value is -2.68. The molecule has 0 heterocycles. The summed E-state index contributed by atoms with van der Waals surface area (Å²) in [4.78, 5) is 0. The molecule has 3 aromatic rings. The lowest BCUT2D eigenvalue weighted by molar-refractivity contribution is 0.307. The first kappa shape index (κ1) is 13.3. The van der Waals surface area contributed by atoms with E-state index in [1.165, 1.54) is 10.8 Å². The quantitative estimate of drug-likeness (QED) is 0.734. The average molecular weight is 279 g/mol. The molecule has 0 saturated heterocycles. The van der Waals surface area contributed by atoms with E-state index in [-0.39, 0.29) is 0 Å². The van der Waals surface area contributed by atoms with Gasteiger partial charge in [0.05, 0.1) is 12.8 Å². The molecule has 0 aliphatic carbocycles. The predicted octanol–water partition coefficient (Wildman–Crippen LogP) is 4.01. The van der Waals surface area contributed by atoms with Gasteiger partial charge in [0.15, 0.2) is 0 Å². The highest BCUT2D eigenvalue weighted by molar-refractivity contribution is 5.85. The molecular weight excluding hydrogens is 262 g/mol. The van der Waals surface area contributed by atoms with Crippen molar-refractivity contribution in [2.45, 2.75) is 6.61 Å². The number of fused-ring (bicyclic) bond motifs is 1. The highest BCUT2D eigenvalue weighted by atomic mass is 16.5. The molecule has 0 aliphatic heterocycles. The molecule has 106 valence electrons. The van der Waals surface area contributed by atoms with Gasteiger partial charge in [-0.05, 0) is 28.5 Å². The van der Waals surface area contributed by atoms with Gasteiger partial charge in [-0.15, -0.1) is 0 Å². The van der Waals surface area contributed by atoms with Crippen molar-refractivity contribution in [2.75, 3.05) is 12.8 Å². The Morgan fingerprint density at radius 3 is 2.57 bits per heavy atom. The fourth-order valence-corrected chi connectivity index (χ4v) is 2.38. The summed E-state index contributed by atoms with van der Waals surface area (Å²) in [6, 6.07) is 20.0. The fraction of sp³-hybridized carbons (Fsp3) is 0.111. The lowest BCUT2D eigenvalue weighted by Crippen LogP contribution is -1.98. The third-order valence-corrected chi connectivity index (χ3v) is 3.48. The SMILES string of the molecule is COc1ccc(OCc2cccc3ccccc23)cc1N. The summed E-state index contributed by atoms with van der Waals surface area (Å²) in [5.41, 5.74) is 7.62. The standard InChI is InChI=1S/C18H17NO2/c1-20-18-10-9-15(11-17(18)19)21-12-14-7-4-6-13-5-2-3-8-16(13)14/h2-11H,12,19H2,1H3. The number of methoxy groups -OCH3 is 1. The van der Waals surface area contributed by atoms with Gasteiger partial charge in [0.25, 0.3) is 0 Å². The van der Waals surface area contributed by atoms with Gasteiger partial charge in [0, 0.05) is 6.07 Å².